The summed E-state index contributed by atoms with van der Waals surface area (Å²) in [6.45, 7) is 3.73. The molecule has 0 amide bonds. The quantitative estimate of drug-likeness (QED) is 0.394. The van der Waals surface area contributed by atoms with Crippen LogP contribution >= 0.6 is 0 Å². The zero-order valence-electron chi connectivity index (χ0n) is 5.92. The molecular weight excluding hydrogens is 298 g/mol. The summed E-state index contributed by atoms with van der Waals surface area (Å²) in [5.74, 6) is 0. The maximum absolute atomic E-state index is 10.6. The van der Waals surface area contributed by atoms with Gasteiger partial charge in [0, 0.05) is 0 Å². The van der Waals surface area contributed by atoms with Crippen LogP contribution in [0.15, 0.2) is 12.3 Å². The first-order valence-electron chi connectivity index (χ1n) is 2.78. The second-order valence-corrected chi connectivity index (χ2v) is 2.14. The Morgan fingerprint density at radius 2 is 2.10 bits per heavy atom. The van der Waals surface area contributed by atoms with Gasteiger partial charge in [-0.05, 0) is 0 Å². The first-order chi connectivity index (χ1) is 4.18. The van der Waals surface area contributed by atoms with Crippen LogP contribution in [-0.2, 0) is 21.1 Å². The van der Waals surface area contributed by atoms with Gasteiger partial charge in [0.05, 0.1) is 6.20 Å². The maximum Gasteiger partial charge on any atom is 2.00 e. The molecule has 2 nitrogen and oxygen atoms in total. The monoisotopic (exact) mass is 306 g/mol. The molecule has 0 aliphatic rings. The maximum atomic E-state index is 10.6. The van der Waals surface area contributed by atoms with E-state index in [1.54, 1.807) is 0 Å². The molecule has 1 aromatic rings. The van der Waals surface area contributed by atoms with E-state index in [-0.39, 0.29) is 21.1 Å². The molecule has 0 aliphatic heterocycles. The topological polar surface area (TPSA) is 26.9 Å². The third-order valence-electron chi connectivity index (χ3n) is 1.05. The molecule has 1 aromatic heterocycles. The zero-order valence-corrected chi connectivity index (χ0v) is 8.85. The first kappa shape index (κ1) is 9.64. The van der Waals surface area contributed by atoms with Crippen molar-refractivity contribution in [2.75, 3.05) is 0 Å². The van der Waals surface area contributed by atoms with Crippen LogP contribution in [0.5, 0.6) is 0 Å². The number of pyridine rings is 1. The van der Waals surface area contributed by atoms with E-state index in [1.165, 1.54) is 6.20 Å². The number of aryl methyl sites for hydroxylation is 2. The Labute approximate surface area is 74.7 Å². The molecule has 52 valence electrons. The molecule has 0 aromatic carbocycles. The Morgan fingerprint density at radius 1 is 1.50 bits per heavy atom. The summed E-state index contributed by atoms with van der Waals surface area (Å²) in [4.78, 5) is 0. The predicted molar refractivity (Wildman–Crippen MR) is 33.7 cm³/mol. The Balaban J connectivity index is 0.000000810. The SMILES string of the molecule is Cc1[c-][n+]([O-])cc(C)c1.[W+2]. The zero-order chi connectivity index (χ0) is 6.85. The van der Waals surface area contributed by atoms with E-state index in [1.807, 2.05) is 19.9 Å². The fourth-order valence-electron chi connectivity index (χ4n) is 0.802. The summed E-state index contributed by atoms with van der Waals surface area (Å²) in [5.41, 5.74) is 1.85. The predicted octanol–water partition coefficient (Wildman–Crippen LogP) is 0.735. The van der Waals surface area contributed by atoms with Crippen molar-refractivity contribution < 1.29 is 25.8 Å². The minimum atomic E-state index is 0. The van der Waals surface area contributed by atoms with Gasteiger partial charge in [0.1, 0.15) is 6.20 Å². The van der Waals surface area contributed by atoms with Crippen molar-refractivity contribution in [3.8, 4) is 0 Å². The van der Waals surface area contributed by atoms with E-state index >= 15 is 0 Å². The fraction of sp³-hybridized carbons (Fsp3) is 0.286. The van der Waals surface area contributed by atoms with Crippen molar-refractivity contribution in [2.24, 2.45) is 0 Å². The van der Waals surface area contributed by atoms with Gasteiger partial charge in [-0.1, -0.05) is 25.0 Å². The van der Waals surface area contributed by atoms with Gasteiger partial charge in [0.2, 0.25) is 0 Å². The van der Waals surface area contributed by atoms with Gasteiger partial charge in [-0.3, -0.25) is 4.73 Å². The smallest absolute Gasteiger partial charge is 0.641 e. The van der Waals surface area contributed by atoms with Crippen molar-refractivity contribution in [2.45, 2.75) is 13.8 Å². The van der Waals surface area contributed by atoms with Gasteiger partial charge in [-0.25, -0.2) is 0 Å². The van der Waals surface area contributed by atoms with E-state index in [0.717, 1.165) is 11.1 Å². The normalized spacial score (nSPS) is 8.60. The summed E-state index contributed by atoms with van der Waals surface area (Å²) >= 11 is 0. The average Bonchev–Trinajstić information content (AvgIpc) is 1.59. The van der Waals surface area contributed by atoms with Crippen LogP contribution in [0, 0.1) is 25.3 Å². The summed E-state index contributed by atoms with van der Waals surface area (Å²) in [6, 6.07) is 1.91. The van der Waals surface area contributed by atoms with Crippen LogP contribution in [0.4, 0.5) is 0 Å². The van der Waals surface area contributed by atoms with Crippen LogP contribution in [0.1, 0.15) is 11.1 Å². The molecule has 0 unspecified atom stereocenters. The fourth-order valence-corrected chi connectivity index (χ4v) is 0.802. The van der Waals surface area contributed by atoms with Crippen LogP contribution in [0.2, 0.25) is 0 Å². The van der Waals surface area contributed by atoms with Crippen LogP contribution in [0.25, 0.3) is 0 Å². The molecule has 0 bridgehead atoms. The van der Waals surface area contributed by atoms with E-state index in [2.05, 4.69) is 6.20 Å². The van der Waals surface area contributed by atoms with Crippen molar-refractivity contribution >= 4 is 0 Å². The second kappa shape index (κ2) is 3.72. The van der Waals surface area contributed by atoms with Crippen LogP contribution in [-0.4, -0.2) is 0 Å². The van der Waals surface area contributed by atoms with Gasteiger partial charge in [-0.15, -0.1) is 0 Å². The molecule has 0 radical (unpaired) electrons. The summed E-state index contributed by atoms with van der Waals surface area (Å²) < 4.78 is 0.699. The first-order valence-corrected chi connectivity index (χ1v) is 2.78. The molecule has 0 N–H and O–H groups in total. The third kappa shape index (κ3) is 2.49. The molecule has 1 heterocycles. The molecule has 0 fully saturated rings. The Morgan fingerprint density at radius 3 is 2.50 bits per heavy atom. The molecule has 10 heavy (non-hydrogen) atoms. The number of hydrogen-bond donors (Lipinski definition) is 0. The van der Waals surface area contributed by atoms with Gasteiger partial charge in [0.25, 0.3) is 0 Å². The number of rotatable bonds is 0. The summed E-state index contributed by atoms with van der Waals surface area (Å²) in [7, 11) is 0. The molecule has 0 saturated heterocycles. The molecule has 0 saturated carbocycles. The number of hydrogen-bond acceptors (Lipinski definition) is 1. The third-order valence-corrected chi connectivity index (χ3v) is 1.05. The Kier molecular flexibility index (Phi) is 3.59. The minimum Gasteiger partial charge on any atom is -0.641 e. The standard InChI is InChI=1S/C7H8NO.W/c1-6-3-7(2)5-8(9)4-6;/h3-4H,1-2H3;/q-1;+2. The molecular formula is C7H8NOW+. The van der Waals surface area contributed by atoms with E-state index in [4.69, 9.17) is 0 Å². The van der Waals surface area contributed by atoms with Gasteiger partial charge >= 0.3 is 21.1 Å². The Hall–Kier alpha value is -0.362. The van der Waals surface area contributed by atoms with Crippen molar-refractivity contribution in [1.29, 1.82) is 0 Å². The largest absolute Gasteiger partial charge is 2.00 e. The summed E-state index contributed by atoms with van der Waals surface area (Å²) in [5, 5.41) is 10.6. The molecule has 0 atom stereocenters. The molecule has 3 heteroatoms. The van der Waals surface area contributed by atoms with Gasteiger partial charge < -0.3 is 5.21 Å². The average molecular weight is 306 g/mol. The van der Waals surface area contributed by atoms with E-state index < -0.39 is 0 Å². The number of aromatic nitrogens is 1. The van der Waals surface area contributed by atoms with E-state index in [0.29, 0.717) is 4.73 Å². The minimum absolute atomic E-state index is 0. The molecule has 0 aliphatic carbocycles. The number of nitrogens with zero attached hydrogens (tertiary/aromatic N) is 1. The summed E-state index contributed by atoms with van der Waals surface area (Å²) in [6.07, 6.45) is 4.07. The Bertz CT molecular complexity index is 174. The van der Waals surface area contributed by atoms with Crippen LogP contribution < -0.4 is 4.73 Å². The van der Waals surface area contributed by atoms with Crippen molar-refractivity contribution in [3.63, 3.8) is 0 Å². The molecule has 1 rings (SSSR count). The van der Waals surface area contributed by atoms with Crippen molar-refractivity contribution in [3.05, 3.63) is 34.8 Å². The molecule has 0 spiro atoms. The van der Waals surface area contributed by atoms with Crippen molar-refractivity contribution in [1.82, 2.24) is 0 Å². The van der Waals surface area contributed by atoms with Gasteiger partial charge in [0.15, 0.2) is 0 Å². The van der Waals surface area contributed by atoms with E-state index in [9.17, 15) is 5.21 Å². The second-order valence-electron chi connectivity index (χ2n) is 2.14. The van der Waals surface area contributed by atoms with Crippen LogP contribution in [0.3, 0.4) is 0 Å². The van der Waals surface area contributed by atoms with Gasteiger partial charge in [-0.2, -0.15) is 6.07 Å².